The van der Waals surface area contributed by atoms with E-state index >= 15 is 0 Å². The predicted molar refractivity (Wildman–Crippen MR) is 77.8 cm³/mol. The van der Waals surface area contributed by atoms with Gasteiger partial charge in [-0.15, -0.1) is 0 Å². The molecule has 2 heteroatoms. The van der Waals surface area contributed by atoms with Gasteiger partial charge in [0.2, 0.25) is 5.69 Å². The Hall–Kier alpha value is -2.22. The van der Waals surface area contributed by atoms with Crippen molar-refractivity contribution in [2.24, 2.45) is 7.05 Å². The molecule has 2 aromatic heterocycles. The van der Waals surface area contributed by atoms with Crippen molar-refractivity contribution in [3.63, 3.8) is 0 Å². The van der Waals surface area contributed by atoms with Gasteiger partial charge in [0.05, 0.1) is 10.9 Å². The first-order chi connectivity index (χ1) is 9.16. The molecule has 0 amide bonds. The molecule has 0 atom stereocenters. The Morgan fingerprint density at radius 3 is 2.68 bits per heavy atom. The molecule has 0 spiro atoms. The fourth-order valence-corrected chi connectivity index (χ4v) is 2.57. The number of nitrogens with zero attached hydrogens (tertiary/aromatic N) is 2. The zero-order valence-electron chi connectivity index (χ0n) is 11.5. The summed E-state index contributed by atoms with van der Waals surface area (Å²) in [4.78, 5) is 4.19. The minimum Gasteiger partial charge on any atom is -0.264 e. The van der Waals surface area contributed by atoms with Gasteiger partial charge in [-0.1, -0.05) is 17.7 Å². The van der Waals surface area contributed by atoms with Gasteiger partial charge in [-0.3, -0.25) is 4.98 Å². The number of rotatable bonds is 1. The Morgan fingerprint density at radius 2 is 1.89 bits per heavy atom. The van der Waals surface area contributed by atoms with Crippen LogP contribution in [0.2, 0.25) is 0 Å². The number of benzene rings is 1. The predicted octanol–water partition coefficient (Wildman–Crippen LogP) is 3.34. The summed E-state index contributed by atoms with van der Waals surface area (Å²) in [6, 6.07) is 10.9. The second-order valence-electron chi connectivity index (χ2n) is 5.06. The summed E-state index contributed by atoms with van der Waals surface area (Å²) in [7, 11) is 2.09. The van der Waals surface area contributed by atoms with Crippen LogP contribution >= 0.6 is 0 Å². The molecule has 0 saturated carbocycles. The first kappa shape index (κ1) is 11.8. The maximum absolute atomic E-state index is 4.19. The Kier molecular flexibility index (Phi) is 2.79. The molecule has 3 aromatic rings. The van der Waals surface area contributed by atoms with Gasteiger partial charge in [0.25, 0.3) is 0 Å². The van der Waals surface area contributed by atoms with Gasteiger partial charge < -0.3 is 0 Å². The highest BCUT2D eigenvalue weighted by atomic mass is 14.9. The monoisotopic (exact) mass is 249 g/mol. The molecular formula is C17H17N2+. The molecule has 1 aromatic carbocycles. The van der Waals surface area contributed by atoms with Crippen molar-refractivity contribution >= 4 is 10.8 Å². The van der Waals surface area contributed by atoms with E-state index in [0.717, 1.165) is 0 Å². The molecule has 0 unspecified atom stereocenters. The summed E-state index contributed by atoms with van der Waals surface area (Å²) in [5.74, 6) is 0. The highest BCUT2D eigenvalue weighted by Gasteiger charge is 2.16. The van der Waals surface area contributed by atoms with E-state index in [0.29, 0.717) is 0 Å². The van der Waals surface area contributed by atoms with Crippen LogP contribution in [0, 0.1) is 13.8 Å². The van der Waals surface area contributed by atoms with Crippen LogP contribution in [0.25, 0.3) is 22.0 Å². The minimum absolute atomic E-state index is 1.20. The molecule has 2 heterocycles. The summed E-state index contributed by atoms with van der Waals surface area (Å²) < 4.78 is 2.18. The molecule has 94 valence electrons. The summed E-state index contributed by atoms with van der Waals surface area (Å²) >= 11 is 0. The second kappa shape index (κ2) is 4.47. The molecule has 0 bridgehead atoms. The normalized spacial score (nSPS) is 10.9. The Bertz CT molecular complexity index is 760. The zero-order valence-corrected chi connectivity index (χ0v) is 11.5. The average Bonchev–Trinajstić information content (AvgIpc) is 2.40. The van der Waals surface area contributed by atoms with E-state index in [2.05, 4.69) is 67.0 Å². The zero-order chi connectivity index (χ0) is 13.4. The topological polar surface area (TPSA) is 16.8 Å². The smallest absolute Gasteiger partial charge is 0.220 e. The van der Waals surface area contributed by atoms with Crippen LogP contribution < -0.4 is 4.57 Å². The summed E-state index contributed by atoms with van der Waals surface area (Å²) in [5, 5.41) is 2.56. The first-order valence-electron chi connectivity index (χ1n) is 6.47. The second-order valence-corrected chi connectivity index (χ2v) is 5.06. The van der Waals surface area contributed by atoms with Crippen molar-refractivity contribution in [2.75, 3.05) is 0 Å². The van der Waals surface area contributed by atoms with Crippen LogP contribution in [0.3, 0.4) is 0 Å². The summed E-state index contributed by atoms with van der Waals surface area (Å²) in [6.45, 7) is 4.24. The van der Waals surface area contributed by atoms with Crippen LogP contribution in [0.5, 0.6) is 0 Å². The van der Waals surface area contributed by atoms with Crippen molar-refractivity contribution in [1.82, 2.24) is 4.98 Å². The van der Waals surface area contributed by atoms with E-state index in [1.807, 2.05) is 12.4 Å². The third-order valence-corrected chi connectivity index (χ3v) is 3.57. The van der Waals surface area contributed by atoms with Gasteiger partial charge in [0.1, 0.15) is 7.05 Å². The molecule has 0 fully saturated rings. The van der Waals surface area contributed by atoms with Crippen molar-refractivity contribution in [3.05, 3.63) is 60.0 Å². The summed E-state index contributed by atoms with van der Waals surface area (Å²) in [6.07, 6.45) is 5.90. The van der Waals surface area contributed by atoms with Gasteiger partial charge in [-0.05, 0) is 36.9 Å². The molecule has 0 radical (unpaired) electrons. The molecule has 0 N–H and O–H groups in total. The van der Waals surface area contributed by atoms with E-state index in [4.69, 9.17) is 0 Å². The lowest BCUT2D eigenvalue weighted by atomic mass is 10.00. The van der Waals surface area contributed by atoms with Gasteiger partial charge in [-0.25, -0.2) is 4.57 Å². The fraction of sp³-hybridized carbons (Fsp3) is 0.176. The number of aryl methyl sites for hydroxylation is 3. The van der Waals surface area contributed by atoms with Crippen LogP contribution in [-0.2, 0) is 7.05 Å². The van der Waals surface area contributed by atoms with Crippen molar-refractivity contribution in [1.29, 1.82) is 0 Å². The third-order valence-electron chi connectivity index (χ3n) is 3.57. The fourth-order valence-electron chi connectivity index (χ4n) is 2.57. The SMILES string of the molecule is Cc1ccc2c(-c3ccncc3C)[n+](C)ccc2c1. The minimum atomic E-state index is 1.20. The van der Waals surface area contributed by atoms with Gasteiger partial charge in [-0.2, -0.15) is 0 Å². The quantitative estimate of drug-likeness (QED) is 0.604. The number of hydrogen-bond donors (Lipinski definition) is 0. The number of pyridine rings is 2. The Balaban J connectivity index is 2.40. The maximum Gasteiger partial charge on any atom is 0.220 e. The van der Waals surface area contributed by atoms with Crippen LogP contribution in [0.1, 0.15) is 11.1 Å². The highest BCUT2D eigenvalue weighted by molar-refractivity contribution is 5.93. The molecule has 3 rings (SSSR count). The van der Waals surface area contributed by atoms with Crippen molar-refractivity contribution < 1.29 is 4.57 Å². The number of fused-ring (bicyclic) bond motifs is 1. The molecule has 2 nitrogen and oxygen atoms in total. The van der Waals surface area contributed by atoms with Crippen LogP contribution in [0.15, 0.2) is 48.9 Å². The number of hydrogen-bond acceptors (Lipinski definition) is 1. The largest absolute Gasteiger partial charge is 0.264 e. The lowest BCUT2D eigenvalue weighted by Gasteiger charge is -2.07. The van der Waals surface area contributed by atoms with Gasteiger partial charge in [0, 0.05) is 18.5 Å². The van der Waals surface area contributed by atoms with Crippen molar-refractivity contribution in [3.8, 4) is 11.3 Å². The van der Waals surface area contributed by atoms with E-state index in [-0.39, 0.29) is 0 Å². The van der Waals surface area contributed by atoms with Crippen LogP contribution in [-0.4, -0.2) is 4.98 Å². The van der Waals surface area contributed by atoms with E-state index in [9.17, 15) is 0 Å². The van der Waals surface area contributed by atoms with Crippen LogP contribution in [0.4, 0.5) is 0 Å². The maximum atomic E-state index is 4.19. The standard InChI is InChI=1S/C17H17N2/c1-12-4-5-16-14(10-12)7-9-19(3)17(16)15-6-8-18-11-13(15)2/h4-11H,1-3H3/q+1. The molecule has 0 aliphatic carbocycles. The molecule has 0 saturated heterocycles. The lowest BCUT2D eigenvalue weighted by molar-refractivity contribution is -0.659. The van der Waals surface area contributed by atoms with Crippen molar-refractivity contribution in [2.45, 2.75) is 13.8 Å². The molecular weight excluding hydrogens is 232 g/mol. The summed E-state index contributed by atoms with van der Waals surface area (Å²) in [5.41, 5.74) is 4.98. The first-order valence-corrected chi connectivity index (χ1v) is 6.47. The van der Waals surface area contributed by atoms with E-state index in [1.165, 1.54) is 33.2 Å². The number of aromatic nitrogens is 2. The Morgan fingerprint density at radius 1 is 1.05 bits per heavy atom. The molecule has 19 heavy (non-hydrogen) atoms. The molecule has 0 aliphatic heterocycles. The van der Waals surface area contributed by atoms with E-state index in [1.54, 1.807) is 0 Å². The van der Waals surface area contributed by atoms with E-state index < -0.39 is 0 Å². The highest BCUT2D eigenvalue weighted by Crippen LogP contribution is 2.27. The van der Waals surface area contributed by atoms with Gasteiger partial charge >= 0.3 is 0 Å². The lowest BCUT2D eigenvalue weighted by Crippen LogP contribution is -2.30. The third kappa shape index (κ3) is 1.99. The Labute approximate surface area is 113 Å². The van der Waals surface area contributed by atoms with Gasteiger partial charge in [0.15, 0.2) is 6.20 Å². The average molecular weight is 249 g/mol. The molecule has 0 aliphatic rings.